The minimum Gasteiger partial charge on any atom is -0.324 e. The zero-order chi connectivity index (χ0) is 13.1. The lowest BCUT2D eigenvalue weighted by Gasteiger charge is -2.11. The van der Waals surface area contributed by atoms with E-state index in [4.69, 9.17) is 5.73 Å². The monoisotopic (exact) mass is 263 g/mol. The molecule has 3 heteroatoms. The Morgan fingerprint density at radius 3 is 2.56 bits per heavy atom. The molecule has 1 heterocycles. The van der Waals surface area contributed by atoms with E-state index in [1.165, 1.54) is 9.75 Å². The second-order valence-corrected chi connectivity index (χ2v) is 5.79. The summed E-state index contributed by atoms with van der Waals surface area (Å²) < 4.78 is 13.5. The Morgan fingerprint density at radius 1 is 1.22 bits per heavy atom. The number of thiophene rings is 1. The van der Waals surface area contributed by atoms with Gasteiger partial charge in [0.05, 0.1) is 0 Å². The SMILES string of the molecule is CCc1ccc(CC(N)c2ccc(C)c(F)c2)s1. The first kappa shape index (κ1) is 13.2. The first-order valence-electron chi connectivity index (χ1n) is 6.19. The van der Waals surface area contributed by atoms with Gasteiger partial charge in [-0.15, -0.1) is 11.3 Å². The van der Waals surface area contributed by atoms with Crippen molar-refractivity contribution in [3.63, 3.8) is 0 Å². The lowest BCUT2D eigenvalue weighted by atomic mass is 10.0. The van der Waals surface area contributed by atoms with Crippen LogP contribution in [0.25, 0.3) is 0 Å². The Bertz CT molecular complexity index is 533. The van der Waals surface area contributed by atoms with E-state index in [0.29, 0.717) is 5.56 Å². The molecular weight excluding hydrogens is 245 g/mol. The summed E-state index contributed by atoms with van der Waals surface area (Å²) in [5, 5.41) is 0. The normalized spacial score (nSPS) is 12.7. The Hall–Kier alpha value is -1.19. The molecule has 2 N–H and O–H groups in total. The van der Waals surface area contributed by atoms with Gasteiger partial charge >= 0.3 is 0 Å². The van der Waals surface area contributed by atoms with Crippen LogP contribution in [0.1, 0.15) is 33.8 Å². The van der Waals surface area contributed by atoms with E-state index in [1.54, 1.807) is 30.4 Å². The van der Waals surface area contributed by atoms with Gasteiger partial charge in [-0.2, -0.15) is 0 Å². The quantitative estimate of drug-likeness (QED) is 0.886. The molecular formula is C15H18FNS. The van der Waals surface area contributed by atoms with Crippen LogP contribution in [-0.4, -0.2) is 0 Å². The van der Waals surface area contributed by atoms with E-state index >= 15 is 0 Å². The van der Waals surface area contributed by atoms with Crippen molar-refractivity contribution in [2.75, 3.05) is 0 Å². The molecule has 0 amide bonds. The van der Waals surface area contributed by atoms with Crippen molar-refractivity contribution >= 4 is 11.3 Å². The highest BCUT2D eigenvalue weighted by Gasteiger charge is 2.10. The summed E-state index contributed by atoms with van der Waals surface area (Å²) in [5.74, 6) is -0.177. The van der Waals surface area contributed by atoms with Gasteiger partial charge in [0.1, 0.15) is 5.82 Å². The van der Waals surface area contributed by atoms with Crippen molar-refractivity contribution in [3.05, 3.63) is 57.0 Å². The predicted molar refractivity (Wildman–Crippen MR) is 75.5 cm³/mol. The molecule has 0 spiro atoms. The Labute approximate surface area is 111 Å². The van der Waals surface area contributed by atoms with Crippen LogP contribution < -0.4 is 5.73 Å². The van der Waals surface area contributed by atoms with Gasteiger partial charge in [0.2, 0.25) is 0 Å². The molecule has 1 aromatic heterocycles. The number of rotatable bonds is 4. The van der Waals surface area contributed by atoms with Gasteiger partial charge in [0.15, 0.2) is 0 Å². The van der Waals surface area contributed by atoms with Crippen LogP contribution in [0.15, 0.2) is 30.3 Å². The van der Waals surface area contributed by atoms with Gasteiger partial charge in [-0.3, -0.25) is 0 Å². The number of hydrogen-bond acceptors (Lipinski definition) is 2. The average molecular weight is 263 g/mol. The molecule has 18 heavy (non-hydrogen) atoms. The Balaban J connectivity index is 2.11. The van der Waals surface area contributed by atoms with Crippen LogP contribution in [0, 0.1) is 12.7 Å². The Kier molecular flexibility index (Phi) is 4.15. The third-order valence-corrected chi connectivity index (χ3v) is 4.36. The maximum atomic E-state index is 13.5. The number of nitrogens with two attached hydrogens (primary N) is 1. The number of halogens is 1. The lowest BCUT2D eigenvalue weighted by molar-refractivity contribution is 0.610. The van der Waals surface area contributed by atoms with Gasteiger partial charge < -0.3 is 5.73 Å². The molecule has 0 saturated heterocycles. The van der Waals surface area contributed by atoms with Gasteiger partial charge in [-0.25, -0.2) is 4.39 Å². The van der Waals surface area contributed by atoms with Crippen molar-refractivity contribution in [3.8, 4) is 0 Å². The van der Waals surface area contributed by atoms with E-state index in [-0.39, 0.29) is 11.9 Å². The minimum atomic E-state index is -0.177. The van der Waals surface area contributed by atoms with Crippen molar-refractivity contribution < 1.29 is 4.39 Å². The van der Waals surface area contributed by atoms with E-state index in [2.05, 4.69) is 19.1 Å². The van der Waals surface area contributed by atoms with Crippen LogP contribution in [0.3, 0.4) is 0 Å². The molecule has 0 radical (unpaired) electrons. The summed E-state index contributed by atoms with van der Waals surface area (Å²) in [5.41, 5.74) is 7.66. The number of aryl methyl sites for hydroxylation is 2. The highest BCUT2D eigenvalue weighted by atomic mass is 32.1. The summed E-state index contributed by atoms with van der Waals surface area (Å²) in [6.07, 6.45) is 1.83. The van der Waals surface area contributed by atoms with Crippen molar-refractivity contribution in [2.45, 2.75) is 32.7 Å². The third-order valence-electron chi connectivity index (χ3n) is 3.11. The van der Waals surface area contributed by atoms with Gasteiger partial charge in [-0.05, 0) is 42.7 Å². The maximum Gasteiger partial charge on any atom is 0.126 e. The average Bonchev–Trinajstić information content (AvgIpc) is 2.80. The van der Waals surface area contributed by atoms with Crippen molar-refractivity contribution in [1.29, 1.82) is 0 Å². The minimum absolute atomic E-state index is 0.136. The molecule has 96 valence electrons. The summed E-state index contributed by atoms with van der Waals surface area (Å²) in [4.78, 5) is 2.63. The fourth-order valence-corrected chi connectivity index (χ4v) is 2.91. The highest BCUT2D eigenvalue weighted by molar-refractivity contribution is 7.11. The van der Waals surface area contributed by atoms with Crippen LogP contribution in [-0.2, 0) is 12.8 Å². The Morgan fingerprint density at radius 2 is 1.94 bits per heavy atom. The molecule has 2 aromatic rings. The van der Waals surface area contributed by atoms with E-state index < -0.39 is 0 Å². The standard InChI is InChI=1S/C15H18FNS/c1-3-12-6-7-13(18-12)9-15(17)11-5-4-10(2)14(16)8-11/h4-8,15H,3,9,17H2,1-2H3. The summed E-state index contributed by atoms with van der Waals surface area (Å²) in [6, 6.07) is 9.38. The molecule has 0 bridgehead atoms. The molecule has 0 aliphatic heterocycles. The fourth-order valence-electron chi connectivity index (χ4n) is 1.90. The largest absolute Gasteiger partial charge is 0.324 e. The molecule has 1 unspecified atom stereocenters. The molecule has 1 atom stereocenters. The molecule has 0 saturated carbocycles. The van der Waals surface area contributed by atoms with E-state index in [9.17, 15) is 4.39 Å². The summed E-state index contributed by atoms with van der Waals surface area (Å²) in [7, 11) is 0. The third kappa shape index (κ3) is 2.98. The summed E-state index contributed by atoms with van der Waals surface area (Å²) in [6.45, 7) is 3.91. The van der Waals surface area contributed by atoms with Gasteiger partial charge in [-0.1, -0.05) is 19.1 Å². The molecule has 0 aliphatic carbocycles. The van der Waals surface area contributed by atoms with Crippen molar-refractivity contribution in [1.82, 2.24) is 0 Å². The van der Waals surface area contributed by atoms with E-state index in [0.717, 1.165) is 18.4 Å². The summed E-state index contributed by atoms with van der Waals surface area (Å²) >= 11 is 1.79. The second-order valence-electron chi connectivity index (χ2n) is 4.54. The van der Waals surface area contributed by atoms with Crippen LogP contribution in [0.5, 0.6) is 0 Å². The highest BCUT2D eigenvalue weighted by Crippen LogP contribution is 2.23. The maximum absolute atomic E-state index is 13.5. The molecule has 1 aromatic carbocycles. The van der Waals surface area contributed by atoms with Crippen molar-refractivity contribution in [2.24, 2.45) is 5.73 Å². The smallest absolute Gasteiger partial charge is 0.126 e. The second kappa shape index (κ2) is 5.63. The molecule has 1 nitrogen and oxygen atoms in total. The number of benzene rings is 1. The first-order valence-corrected chi connectivity index (χ1v) is 7.01. The topological polar surface area (TPSA) is 26.0 Å². The fraction of sp³-hybridized carbons (Fsp3) is 0.333. The zero-order valence-corrected chi connectivity index (χ0v) is 11.6. The zero-order valence-electron chi connectivity index (χ0n) is 10.7. The van der Waals surface area contributed by atoms with Crippen LogP contribution in [0.4, 0.5) is 4.39 Å². The van der Waals surface area contributed by atoms with Gasteiger partial charge in [0.25, 0.3) is 0 Å². The van der Waals surface area contributed by atoms with Crippen LogP contribution >= 0.6 is 11.3 Å². The number of hydrogen-bond donors (Lipinski definition) is 1. The van der Waals surface area contributed by atoms with Gasteiger partial charge in [0, 0.05) is 22.2 Å². The molecule has 2 rings (SSSR count). The van der Waals surface area contributed by atoms with Crippen LogP contribution in [0.2, 0.25) is 0 Å². The first-order chi connectivity index (χ1) is 8.60. The predicted octanol–water partition coefficient (Wildman–Crippen LogP) is 4.00. The molecule has 0 fully saturated rings. The molecule has 0 aliphatic rings. The van der Waals surface area contributed by atoms with E-state index in [1.807, 2.05) is 6.07 Å². The lowest BCUT2D eigenvalue weighted by Crippen LogP contribution is -2.13.